The normalized spacial score (nSPS) is 25.7. The second-order valence-corrected chi connectivity index (χ2v) is 7.72. The minimum atomic E-state index is -5.17. The molecule has 2 aliphatic heterocycles. The Labute approximate surface area is 162 Å². The lowest BCUT2D eigenvalue weighted by molar-refractivity contribution is -0.295. The van der Waals surface area contributed by atoms with Crippen molar-refractivity contribution in [2.75, 3.05) is 13.1 Å². The van der Waals surface area contributed by atoms with E-state index in [9.17, 15) is 9.90 Å². The summed E-state index contributed by atoms with van der Waals surface area (Å²) in [6, 6.07) is 7.25. The number of carboxylic acids is 1. The molecule has 2 unspecified atom stereocenters. The third kappa shape index (κ3) is 4.02. The Morgan fingerprint density at radius 3 is 2.57 bits per heavy atom. The average Bonchev–Trinajstić information content (AvgIpc) is 3.14. The molecule has 1 aromatic rings. The van der Waals surface area contributed by atoms with Gasteiger partial charge in [-0.15, -0.1) is 0 Å². The number of para-hydroxylation sites is 1. The van der Waals surface area contributed by atoms with Crippen LogP contribution in [0.5, 0.6) is 5.75 Å². The number of fused-ring (bicyclic) bond motifs is 2. The Hall–Kier alpha value is -2.46. The van der Waals surface area contributed by atoms with Crippen LogP contribution in [0.3, 0.4) is 0 Å². The Bertz CT molecular complexity index is 979. The molecular formula is C19H18NO7S-3. The molecule has 28 heavy (non-hydrogen) atoms. The predicted octanol–water partition coefficient (Wildman–Crippen LogP) is 0.314. The molecule has 2 heterocycles. The number of ether oxygens (including phenoxy) is 1. The van der Waals surface area contributed by atoms with Gasteiger partial charge in [0.2, 0.25) is 0 Å². The lowest BCUT2D eigenvalue weighted by Crippen LogP contribution is -2.37. The summed E-state index contributed by atoms with van der Waals surface area (Å²) in [5, 5.41) is 15.4. The van der Waals surface area contributed by atoms with E-state index in [4.69, 9.17) is 22.3 Å². The number of carbonyl (C=O) groups is 1. The molecular weight excluding hydrogens is 386 g/mol. The summed E-state index contributed by atoms with van der Waals surface area (Å²) in [4.78, 5) is 12.0. The van der Waals surface area contributed by atoms with Crippen molar-refractivity contribution >= 4 is 21.9 Å². The predicted molar refractivity (Wildman–Crippen MR) is 95.8 cm³/mol. The van der Waals surface area contributed by atoms with Gasteiger partial charge < -0.3 is 29.1 Å². The zero-order chi connectivity index (χ0) is 20.5. The number of nitrogens with one attached hydrogen (secondary N) is 1. The van der Waals surface area contributed by atoms with Crippen LogP contribution in [0.2, 0.25) is 0 Å². The van der Waals surface area contributed by atoms with E-state index < -0.39 is 16.4 Å². The third-order valence-corrected chi connectivity index (χ3v) is 5.21. The third-order valence-electron chi connectivity index (χ3n) is 5.21. The SMILES string of the molecule is CC1(C2CCNC2)C=CC=C2Oc3ccccc3C(C(=O)[O-])=C21.O=S(=O)([O-])[O-]. The molecule has 0 saturated carbocycles. The van der Waals surface area contributed by atoms with Gasteiger partial charge in [0.25, 0.3) is 0 Å². The van der Waals surface area contributed by atoms with Gasteiger partial charge in [-0.05, 0) is 37.6 Å². The van der Waals surface area contributed by atoms with Crippen molar-refractivity contribution in [2.24, 2.45) is 11.3 Å². The van der Waals surface area contributed by atoms with Crippen molar-refractivity contribution in [1.29, 1.82) is 0 Å². The van der Waals surface area contributed by atoms with Crippen LogP contribution in [-0.4, -0.2) is 36.6 Å². The Balaban J connectivity index is 0.000000403. The Morgan fingerprint density at radius 1 is 1.29 bits per heavy atom. The summed E-state index contributed by atoms with van der Waals surface area (Å²) in [7, 11) is -5.17. The summed E-state index contributed by atoms with van der Waals surface area (Å²) in [6.45, 7) is 3.93. The monoisotopic (exact) mass is 404 g/mol. The molecule has 0 amide bonds. The molecule has 1 aliphatic carbocycles. The molecule has 8 nitrogen and oxygen atoms in total. The lowest BCUT2D eigenvalue weighted by atomic mass is 9.65. The standard InChI is InChI=1S/C19H19NO3.H2O4S/c1-19(12-8-10-20-11-12)9-4-7-15-17(19)16(18(21)22)13-5-2-3-6-14(13)23-15;1-5(2,3)4/h2-7,9,12,20H,8,10-11H2,1H3,(H,21,22);(H2,1,2,3,4)/p-3. The number of allylic oxidation sites excluding steroid dienone is 4. The number of rotatable bonds is 2. The van der Waals surface area contributed by atoms with Crippen LogP contribution in [0.15, 0.2) is 53.8 Å². The van der Waals surface area contributed by atoms with Crippen LogP contribution in [0.1, 0.15) is 18.9 Å². The minimum Gasteiger partial charge on any atom is -0.759 e. The fourth-order valence-electron chi connectivity index (χ4n) is 3.98. The molecule has 0 aromatic heterocycles. The molecule has 150 valence electrons. The summed E-state index contributed by atoms with van der Waals surface area (Å²) < 4.78 is 40.1. The molecule has 4 rings (SSSR count). The van der Waals surface area contributed by atoms with Gasteiger partial charge in [0.05, 0.1) is 5.97 Å². The van der Waals surface area contributed by atoms with Gasteiger partial charge in [0.15, 0.2) is 0 Å². The van der Waals surface area contributed by atoms with Gasteiger partial charge >= 0.3 is 0 Å². The summed E-state index contributed by atoms with van der Waals surface area (Å²) in [6.07, 6.45) is 6.93. The first-order valence-electron chi connectivity index (χ1n) is 8.62. The first-order chi connectivity index (χ1) is 13.1. The van der Waals surface area contributed by atoms with E-state index in [0.29, 0.717) is 23.0 Å². The first-order valence-corrected chi connectivity index (χ1v) is 9.95. The summed E-state index contributed by atoms with van der Waals surface area (Å²) in [5.74, 6) is 0.387. The van der Waals surface area contributed by atoms with Gasteiger partial charge in [-0.25, -0.2) is 0 Å². The van der Waals surface area contributed by atoms with Crippen molar-refractivity contribution < 1.29 is 32.2 Å². The summed E-state index contributed by atoms with van der Waals surface area (Å²) in [5.41, 5.74) is 1.23. The van der Waals surface area contributed by atoms with Gasteiger partial charge in [-0.1, -0.05) is 37.3 Å². The molecule has 0 spiro atoms. The molecule has 1 N–H and O–H groups in total. The second-order valence-electron chi connectivity index (χ2n) is 6.91. The van der Waals surface area contributed by atoms with Crippen LogP contribution in [0.25, 0.3) is 5.57 Å². The van der Waals surface area contributed by atoms with E-state index in [1.807, 2.05) is 24.3 Å². The minimum absolute atomic E-state index is 0.261. The van der Waals surface area contributed by atoms with E-state index in [1.54, 1.807) is 12.1 Å². The highest BCUT2D eigenvalue weighted by Gasteiger charge is 2.44. The zero-order valence-corrected chi connectivity index (χ0v) is 15.8. The maximum absolute atomic E-state index is 12.0. The van der Waals surface area contributed by atoms with Gasteiger partial charge in [-0.2, -0.15) is 0 Å². The van der Waals surface area contributed by atoms with Gasteiger partial charge in [0.1, 0.15) is 11.5 Å². The number of hydrogen-bond acceptors (Lipinski definition) is 8. The van der Waals surface area contributed by atoms with Crippen LogP contribution in [0, 0.1) is 11.3 Å². The topological polar surface area (TPSA) is 142 Å². The number of aliphatic carboxylic acids is 1. The maximum Gasteiger partial charge on any atom is 0.135 e. The van der Waals surface area contributed by atoms with Crippen LogP contribution in [-0.2, 0) is 15.2 Å². The van der Waals surface area contributed by atoms with Crippen LogP contribution < -0.4 is 15.2 Å². The number of hydrogen-bond donors (Lipinski definition) is 1. The van der Waals surface area contributed by atoms with Gasteiger partial charge in [0, 0.05) is 32.5 Å². The number of carbonyl (C=O) groups excluding carboxylic acids is 1. The smallest absolute Gasteiger partial charge is 0.135 e. The number of benzene rings is 1. The molecule has 1 fully saturated rings. The number of carboxylic acid groups (broad SMARTS) is 1. The van der Waals surface area contributed by atoms with Crippen molar-refractivity contribution in [3.63, 3.8) is 0 Å². The highest BCUT2D eigenvalue weighted by atomic mass is 32.3. The van der Waals surface area contributed by atoms with Crippen LogP contribution >= 0.6 is 0 Å². The Morgan fingerprint density at radius 2 is 1.96 bits per heavy atom. The van der Waals surface area contributed by atoms with Crippen molar-refractivity contribution in [3.05, 3.63) is 59.4 Å². The molecule has 2 atom stereocenters. The molecule has 1 aromatic carbocycles. The van der Waals surface area contributed by atoms with E-state index in [2.05, 4.69) is 18.3 Å². The molecule has 1 saturated heterocycles. The van der Waals surface area contributed by atoms with Gasteiger partial charge in [-0.3, -0.25) is 8.42 Å². The van der Waals surface area contributed by atoms with Crippen molar-refractivity contribution in [2.45, 2.75) is 13.3 Å². The average molecular weight is 404 g/mol. The fourth-order valence-corrected chi connectivity index (χ4v) is 3.98. The van der Waals surface area contributed by atoms with Crippen molar-refractivity contribution in [1.82, 2.24) is 5.32 Å². The highest BCUT2D eigenvalue weighted by molar-refractivity contribution is 7.79. The lowest BCUT2D eigenvalue weighted by Gasteiger charge is -2.41. The van der Waals surface area contributed by atoms with E-state index >= 15 is 0 Å². The van der Waals surface area contributed by atoms with Crippen LogP contribution in [0.4, 0.5) is 0 Å². The van der Waals surface area contributed by atoms with E-state index in [-0.39, 0.29) is 11.0 Å². The van der Waals surface area contributed by atoms with Crippen molar-refractivity contribution in [3.8, 4) is 5.75 Å². The molecule has 0 radical (unpaired) electrons. The molecule has 3 aliphatic rings. The second kappa shape index (κ2) is 7.51. The van der Waals surface area contributed by atoms with E-state index in [0.717, 1.165) is 25.1 Å². The zero-order valence-electron chi connectivity index (χ0n) is 15.0. The maximum atomic E-state index is 12.0. The first kappa shape index (κ1) is 20.3. The van der Waals surface area contributed by atoms with E-state index in [1.165, 1.54) is 0 Å². The highest BCUT2D eigenvalue weighted by Crippen LogP contribution is 2.51. The summed E-state index contributed by atoms with van der Waals surface area (Å²) >= 11 is 0. The quantitative estimate of drug-likeness (QED) is 0.548. The molecule has 0 bridgehead atoms. The largest absolute Gasteiger partial charge is 0.759 e. The fraction of sp³-hybridized carbons (Fsp3) is 0.316. The Kier molecular flexibility index (Phi) is 5.44. The molecule has 9 heteroatoms.